The third-order valence-corrected chi connectivity index (χ3v) is 5.37. The van der Waals surface area contributed by atoms with Crippen LogP contribution in [0, 0.1) is 0 Å². The third kappa shape index (κ3) is 6.85. The molecule has 2 heterocycles. The maximum atomic E-state index is 5.39. The van der Waals surface area contributed by atoms with Gasteiger partial charge in [-0.05, 0) is 31.0 Å². The van der Waals surface area contributed by atoms with Crippen molar-refractivity contribution in [2.75, 3.05) is 40.4 Å². The van der Waals surface area contributed by atoms with Crippen LogP contribution in [0.25, 0.3) is 0 Å². The van der Waals surface area contributed by atoms with Crippen LogP contribution >= 0.6 is 0 Å². The van der Waals surface area contributed by atoms with Gasteiger partial charge in [0.25, 0.3) is 0 Å². The minimum atomic E-state index is 0.262. The van der Waals surface area contributed by atoms with Crippen LogP contribution in [0.15, 0.2) is 27.7 Å². The highest BCUT2D eigenvalue weighted by Crippen LogP contribution is 2.24. The molecule has 1 aliphatic rings. The number of rotatable bonds is 10. The average Bonchev–Trinajstić information content (AvgIpc) is 3.43. The molecule has 2 N–H and O–H groups in total. The van der Waals surface area contributed by atoms with Crippen LogP contribution in [0.2, 0.25) is 0 Å². The fourth-order valence-corrected chi connectivity index (χ4v) is 3.69. The molecule has 0 radical (unpaired) electrons. The van der Waals surface area contributed by atoms with Crippen molar-refractivity contribution in [3.8, 4) is 11.5 Å². The summed E-state index contributed by atoms with van der Waals surface area (Å²) < 4.78 is 16.1. The van der Waals surface area contributed by atoms with Crippen molar-refractivity contribution in [2.24, 2.45) is 4.99 Å². The van der Waals surface area contributed by atoms with E-state index in [-0.39, 0.29) is 5.92 Å². The summed E-state index contributed by atoms with van der Waals surface area (Å²) in [5.41, 5.74) is 1.18. The van der Waals surface area contributed by atoms with Crippen LogP contribution < -0.4 is 20.1 Å². The topological polar surface area (TPSA) is 97.0 Å². The zero-order chi connectivity index (χ0) is 22.9. The zero-order valence-electron chi connectivity index (χ0n) is 19.9. The van der Waals surface area contributed by atoms with Gasteiger partial charge in [0, 0.05) is 50.6 Å². The van der Waals surface area contributed by atoms with E-state index in [0.717, 1.165) is 55.9 Å². The van der Waals surface area contributed by atoms with Gasteiger partial charge >= 0.3 is 0 Å². The fourth-order valence-electron chi connectivity index (χ4n) is 3.69. The predicted octanol–water partition coefficient (Wildman–Crippen LogP) is 2.58. The first-order chi connectivity index (χ1) is 15.5. The lowest BCUT2D eigenvalue weighted by atomic mass is 10.2. The van der Waals surface area contributed by atoms with Gasteiger partial charge in [-0.3, -0.25) is 9.89 Å². The molecule has 1 aliphatic heterocycles. The SMILES string of the molecule is CCNC(=NCCc1nc(C(C)C)no1)NC1CCN(Cc2cc(OC)cc(OC)c2)C1. The third-order valence-electron chi connectivity index (χ3n) is 5.37. The molecule has 9 heteroatoms. The molecule has 0 bridgehead atoms. The highest BCUT2D eigenvalue weighted by Gasteiger charge is 2.23. The van der Waals surface area contributed by atoms with Gasteiger partial charge in [-0.1, -0.05) is 19.0 Å². The summed E-state index contributed by atoms with van der Waals surface area (Å²) in [4.78, 5) is 11.5. The van der Waals surface area contributed by atoms with Gasteiger partial charge in [0.05, 0.1) is 20.8 Å². The molecule has 0 saturated carbocycles. The highest BCUT2D eigenvalue weighted by molar-refractivity contribution is 5.80. The monoisotopic (exact) mass is 444 g/mol. The Morgan fingerprint density at radius 1 is 1.25 bits per heavy atom. The van der Waals surface area contributed by atoms with E-state index in [1.807, 2.05) is 6.07 Å². The molecular weight excluding hydrogens is 408 g/mol. The Morgan fingerprint density at radius 3 is 2.62 bits per heavy atom. The summed E-state index contributed by atoms with van der Waals surface area (Å²) >= 11 is 0. The van der Waals surface area contributed by atoms with Gasteiger partial charge in [-0.25, -0.2) is 0 Å². The van der Waals surface area contributed by atoms with Gasteiger partial charge in [-0.2, -0.15) is 4.98 Å². The van der Waals surface area contributed by atoms with Crippen LogP contribution in [0.1, 0.15) is 50.4 Å². The molecule has 9 nitrogen and oxygen atoms in total. The number of nitrogens with one attached hydrogen (secondary N) is 2. The lowest BCUT2D eigenvalue weighted by Gasteiger charge is -2.19. The first-order valence-corrected chi connectivity index (χ1v) is 11.3. The first kappa shape index (κ1) is 23.8. The van der Waals surface area contributed by atoms with Crippen molar-refractivity contribution >= 4 is 5.96 Å². The summed E-state index contributed by atoms with van der Waals surface area (Å²) in [5.74, 6) is 4.10. The second-order valence-corrected chi connectivity index (χ2v) is 8.30. The van der Waals surface area contributed by atoms with Gasteiger partial charge in [0.15, 0.2) is 11.8 Å². The van der Waals surface area contributed by atoms with E-state index >= 15 is 0 Å². The molecule has 176 valence electrons. The summed E-state index contributed by atoms with van der Waals surface area (Å²) in [6.07, 6.45) is 1.69. The van der Waals surface area contributed by atoms with E-state index in [0.29, 0.717) is 24.9 Å². The maximum absolute atomic E-state index is 5.39. The van der Waals surface area contributed by atoms with Crippen LogP contribution in [0.4, 0.5) is 0 Å². The van der Waals surface area contributed by atoms with Crippen molar-refractivity contribution in [3.63, 3.8) is 0 Å². The Balaban J connectivity index is 1.51. The lowest BCUT2D eigenvalue weighted by Crippen LogP contribution is -2.44. The minimum absolute atomic E-state index is 0.262. The minimum Gasteiger partial charge on any atom is -0.497 e. The first-order valence-electron chi connectivity index (χ1n) is 11.3. The van der Waals surface area contributed by atoms with Crippen molar-refractivity contribution in [2.45, 2.75) is 52.1 Å². The Kier molecular flexibility index (Phi) is 8.72. The van der Waals surface area contributed by atoms with Gasteiger partial charge in [0.2, 0.25) is 5.89 Å². The fraction of sp³-hybridized carbons (Fsp3) is 0.609. The summed E-state index contributed by atoms with van der Waals surface area (Å²) in [6, 6.07) is 6.37. The normalized spacial score (nSPS) is 17.1. The summed E-state index contributed by atoms with van der Waals surface area (Å²) in [7, 11) is 3.36. The van der Waals surface area contributed by atoms with Crippen LogP contribution in [-0.2, 0) is 13.0 Å². The molecular formula is C23H36N6O3. The molecule has 0 aliphatic carbocycles. The molecule has 1 aromatic heterocycles. The standard InChI is InChI=1S/C23H36N6O3/c1-6-24-23(25-9-7-21-27-22(16(2)3)28-32-21)26-18-8-10-29(15-18)14-17-11-19(30-4)13-20(12-17)31-5/h11-13,16,18H,6-10,14-15H2,1-5H3,(H2,24,25,26). The van der Waals surface area contributed by atoms with Crippen LogP contribution in [0.5, 0.6) is 11.5 Å². The van der Waals surface area contributed by atoms with Crippen molar-refractivity contribution < 1.29 is 14.0 Å². The average molecular weight is 445 g/mol. The second kappa shape index (κ2) is 11.7. The number of aromatic nitrogens is 2. The molecule has 3 rings (SSSR count). The number of likely N-dealkylation sites (tertiary alicyclic amines) is 1. The smallest absolute Gasteiger partial charge is 0.228 e. The van der Waals surface area contributed by atoms with E-state index in [1.165, 1.54) is 5.56 Å². The van der Waals surface area contributed by atoms with Crippen molar-refractivity contribution in [1.29, 1.82) is 0 Å². The molecule has 1 fully saturated rings. The molecule has 0 amide bonds. The quantitative estimate of drug-likeness (QED) is 0.426. The van der Waals surface area contributed by atoms with Crippen molar-refractivity contribution in [3.05, 3.63) is 35.5 Å². The number of methoxy groups -OCH3 is 2. The molecule has 1 aromatic carbocycles. The van der Waals surface area contributed by atoms with Gasteiger partial charge in [-0.15, -0.1) is 0 Å². The molecule has 1 saturated heterocycles. The number of hydrogen-bond acceptors (Lipinski definition) is 7. The summed E-state index contributed by atoms with van der Waals surface area (Å²) in [5, 5.41) is 10.9. The Hall–Kier alpha value is -2.81. The van der Waals surface area contributed by atoms with E-state index in [9.17, 15) is 0 Å². The van der Waals surface area contributed by atoms with E-state index < -0.39 is 0 Å². The lowest BCUT2D eigenvalue weighted by molar-refractivity contribution is 0.321. The Labute approximate surface area is 190 Å². The summed E-state index contributed by atoms with van der Waals surface area (Å²) in [6.45, 7) is 10.4. The molecule has 2 aromatic rings. The number of hydrogen-bond donors (Lipinski definition) is 2. The van der Waals surface area contributed by atoms with E-state index in [4.69, 9.17) is 19.0 Å². The largest absolute Gasteiger partial charge is 0.497 e. The van der Waals surface area contributed by atoms with Crippen LogP contribution in [0.3, 0.4) is 0 Å². The van der Waals surface area contributed by atoms with E-state index in [2.05, 4.69) is 58.6 Å². The Bertz CT molecular complexity index is 860. The van der Waals surface area contributed by atoms with Crippen LogP contribution in [-0.4, -0.2) is 67.4 Å². The maximum Gasteiger partial charge on any atom is 0.228 e. The Morgan fingerprint density at radius 2 is 2.00 bits per heavy atom. The number of ether oxygens (including phenoxy) is 2. The molecule has 32 heavy (non-hydrogen) atoms. The highest BCUT2D eigenvalue weighted by atomic mass is 16.5. The number of guanidine groups is 1. The number of benzene rings is 1. The zero-order valence-corrected chi connectivity index (χ0v) is 19.9. The van der Waals surface area contributed by atoms with E-state index in [1.54, 1.807) is 14.2 Å². The molecule has 1 atom stereocenters. The second-order valence-electron chi connectivity index (χ2n) is 8.30. The molecule has 1 unspecified atom stereocenters. The number of nitrogens with zero attached hydrogens (tertiary/aromatic N) is 4. The van der Waals surface area contributed by atoms with Crippen molar-refractivity contribution in [1.82, 2.24) is 25.7 Å². The predicted molar refractivity (Wildman–Crippen MR) is 124 cm³/mol. The molecule has 0 spiro atoms. The number of aliphatic imine (C=N–C) groups is 1. The van der Waals surface area contributed by atoms with Gasteiger partial charge < -0.3 is 24.6 Å². The van der Waals surface area contributed by atoms with Gasteiger partial charge in [0.1, 0.15) is 11.5 Å².